The van der Waals surface area contributed by atoms with E-state index in [1.54, 1.807) is 0 Å². The Morgan fingerprint density at radius 1 is 1.32 bits per heavy atom. The van der Waals surface area contributed by atoms with Gasteiger partial charge in [0.15, 0.2) is 0 Å². The molecule has 0 radical (unpaired) electrons. The van der Waals surface area contributed by atoms with Gasteiger partial charge in [0.05, 0.1) is 13.2 Å². The van der Waals surface area contributed by atoms with Crippen LogP contribution in [0.25, 0.3) is 0 Å². The number of rotatable bonds is 5. The van der Waals surface area contributed by atoms with Crippen molar-refractivity contribution in [3.8, 4) is 0 Å². The summed E-state index contributed by atoms with van der Waals surface area (Å²) < 4.78 is 5.24. The fourth-order valence-electron chi connectivity index (χ4n) is 2.23. The maximum atomic E-state index is 11.9. The number of nitrogens with zero attached hydrogens (tertiary/aromatic N) is 1. The molecule has 1 unspecified atom stereocenters. The summed E-state index contributed by atoms with van der Waals surface area (Å²) in [7, 11) is 0. The number of morpholine rings is 1. The highest BCUT2D eigenvalue weighted by molar-refractivity contribution is 5.76. The van der Waals surface area contributed by atoms with Crippen molar-refractivity contribution in [1.29, 1.82) is 0 Å². The zero-order chi connectivity index (χ0) is 13.5. The van der Waals surface area contributed by atoms with Crippen molar-refractivity contribution < 1.29 is 9.53 Å². The van der Waals surface area contributed by atoms with E-state index >= 15 is 0 Å². The van der Waals surface area contributed by atoms with Gasteiger partial charge in [-0.15, -0.1) is 0 Å². The van der Waals surface area contributed by atoms with Gasteiger partial charge in [0, 0.05) is 32.1 Å². The third-order valence-electron chi connectivity index (χ3n) is 3.45. The first kappa shape index (κ1) is 14.0. The summed E-state index contributed by atoms with van der Waals surface area (Å²) in [5.41, 5.74) is 1.25. The molecule has 0 saturated carbocycles. The molecule has 1 saturated heterocycles. The zero-order valence-corrected chi connectivity index (χ0v) is 11.5. The number of ether oxygens (including phenoxy) is 1. The molecule has 19 heavy (non-hydrogen) atoms. The minimum atomic E-state index is 0.219. The zero-order valence-electron chi connectivity index (χ0n) is 11.5. The fraction of sp³-hybridized carbons (Fsp3) is 0.533. The Hall–Kier alpha value is -1.39. The van der Waals surface area contributed by atoms with Crippen LogP contribution in [-0.4, -0.2) is 43.7 Å². The van der Waals surface area contributed by atoms with Crippen LogP contribution in [0.5, 0.6) is 0 Å². The molecule has 2 rings (SSSR count). The van der Waals surface area contributed by atoms with E-state index in [9.17, 15) is 4.79 Å². The second kappa shape index (κ2) is 7.26. The summed E-state index contributed by atoms with van der Waals surface area (Å²) in [4.78, 5) is 13.8. The molecule has 1 aromatic rings. The number of hydrogen-bond acceptors (Lipinski definition) is 3. The molecule has 0 aromatic heterocycles. The molecular weight excluding hydrogens is 240 g/mol. The fourth-order valence-corrected chi connectivity index (χ4v) is 2.23. The van der Waals surface area contributed by atoms with Crippen LogP contribution in [0.3, 0.4) is 0 Å². The molecule has 1 atom stereocenters. The Kier molecular flexibility index (Phi) is 5.36. The van der Waals surface area contributed by atoms with Gasteiger partial charge in [0.25, 0.3) is 0 Å². The van der Waals surface area contributed by atoms with Gasteiger partial charge >= 0.3 is 0 Å². The average Bonchev–Trinajstić information content (AvgIpc) is 2.49. The SMILES string of the molecule is CC(NCCC(=O)N1CCOCC1)c1ccccc1. The van der Waals surface area contributed by atoms with Crippen LogP contribution in [0.1, 0.15) is 24.9 Å². The first-order chi connectivity index (χ1) is 9.27. The lowest BCUT2D eigenvalue weighted by atomic mass is 10.1. The Bertz CT molecular complexity index is 388. The summed E-state index contributed by atoms with van der Waals surface area (Å²) in [5.74, 6) is 0.219. The third kappa shape index (κ3) is 4.33. The van der Waals surface area contributed by atoms with Crippen LogP contribution in [0.4, 0.5) is 0 Å². The van der Waals surface area contributed by atoms with Gasteiger partial charge in [-0.25, -0.2) is 0 Å². The van der Waals surface area contributed by atoms with Crippen molar-refractivity contribution in [3.05, 3.63) is 35.9 Å². The Labute approximate surface area is 114 Å². The molecule has 1 heterocycles. The quantitative estimate of drug-likeness (QED) is 0.876. The molecule has 0 bridgehead atoms. The molecule has 0 spiro atoms. The second-order valence-corrected chi connectivity index (χ2v) is 4.83. The van der Waals surface area contributed by atoms with Gasteiger partial charge in [-0.3, -0.25) is 4.79 Å². The first-order valence-corrected chi connectivity index (χ1v) is 6.91. The number of hydrogen-bond donors (Lipinski definition) is 1. The molecule has 1 aliphatic heterocycles. The molecule has 1 amide bonds. The van der Waals surface area contributed by atoms with Crippen molar-refractivity contribution in [2.75, 3.05) is 32.8 Å². The minimum absolute atomic E-state index is 0.219. The summed E-state index contributed by atoms with van der Waals surface area (Å²) in [5, 5.41) is 3.39. The summed E-state index contributed by atoms with van der Waals surface area (Å²) in [6.07, 6.45) is 0.553. The van der Waals surface area contributed by atoms with E-state index in [2.05, 4.69) is 24.4 Å². The highest BCUT2D eigenvalue weighted by Crippen LogP contribution is 2.10. The standard InChI is InChI=1S/C15H22N2O2/c1-13(14-5-3-2-4-6-14)16-8-7-15(18)17-9-11-19-12-10-17/h2-6,13,16H,7-12H2,1H3. The van der Waals surface area contributed by atoms with E-state index < -0.39 is 0 Å². The van der Waals surface area contributed by atoms with E-state index in [0.717, 1.165) is 13.1 Å². The van der Waals surface area contributed by atoms with Crippen LogP contribution >= 0.6 is 0 Å². The third-order valence-corrected chi connectivity index (χ3v) is 3.45. The number of nitrogens with one attached hydrogen (secondary N) is 1. The summed E-state index contributed by atoms with van der Waals surface area (Å²) >= 11 is 0. The molecular formula is C15H22N2O2. The van der Waals surface area contributed by atoms with Crippen LogP contribution in [-0.2, 0) is 9.53 Å². The van der Waals surface area contributed by atoms with E-state index in [-0.39, 0.29) is 11.9 Å². The van der Waals surface area contributed by atoms with Crippen molar-refractivity contribution >= 4 is 5.91 Å². The van der Waals surface area contributed by atoms with E-state index in [1.807, 2.05) is 23.1 Å². The molecule has 4 nitrogen and oxygen atoms in total. The summed E-state index contributed by atoms with van der Waals surface area (Å²) in [6, 6.07) is 10.6. The minimum Gasteiger partial charge on any atom is -0.378 e. The number of carbonyl (C=O) groups is 1. The highest BCUT2D eigenvalue weighted by atomic mass is 16.5. The highest BCUT2D eigenvalue weighted by Gasteiger charge is 2.16. The van der Waals surface area contributed by atoms with Gasteiger partial charge in [-0.05, 0) is 12.5 Å². The van der Waals surface area contributed by atoms with Gasteiger partial charge in [-0.1, -0.05) is 30.3 Å². The Morgan fingerprint density at radius 3 is 2.68 bits per heavy atom. The lowest BCUT2D eigenvalue weighted by Gasteiger charge is -2.27. The van der Waals surface area contributed by atoms with Gasteiger partial charge in [-0.2, -0.15) is 0 Å². The largest absolute Gasteiger partial charge is 0.378 e. The molecule has 104 valence electrons. The first-order valence-electron chi connectivity index (χ1n) is 6.91. The molecule has 1 N–H and O–H groups in total. The molecule has 1 aromatic carbocycles. The van der Waals surface area contributed by atoms with Crippen LogP contribution in [0, 0.1) is 0 Å². The van der Waals surface area contributed by atoms with Crippen LogP contribution < -0.4 is 5.32 Å². The number of amides is 1. The van der Waals surface area contributed by atoms with Gasteiger partial charge < -0.3 is 15.0 Å². The molecule has 1 aliphatic rings. The molecule has 0 aliphatic carbocycles. The molecule has 1 fully saturated rings. The maximum Gasteiger partial charge on any atom is 0.224 e. The van der Waals surface area contributed by atoms with Crippen LogP contribution in [0.2, 0.25) is 0 Å². The van der Waals surface area contributed by atoms with Crippen molar-refractivity contribution in [1.82, 2.24) is 10.2 Å². The smallest absolute Gasteiger partial charge is 0.224 e. The van der Waals surface area contributed by atoms with Gasteiger partial charge in [0.1, 0.15) is 0 Å². The van der Waals surface area contributed by atoms with E-state index in [4.69, 9.17) is 4.74 Å². The van der Waals surface area contributed by atoms with E-state index in [1.165, 1.54) is 5.56 Å². The van der Waals surface area contributed by atoms with Crippen LogP contribution in [0.15, 0.2) is 30.3 Å². The average molecular weight is 262 g/mol. The summed E-state index contributed by atoms with van der Waals surface area (Å²) in [6.45, 7) is 5.63. The topological polar surface area (TPSA) is 41.6 Å². The van der Waals surface area contributed by atoms with Crippen molar-refractivity contribution in [3.63, 3.8) is 0 Å². The lowest BCUT2D eigenvalue weighted by molar-refractivity contribution is -0.135. The lowest BCUT2D eigenvalue weighted by Crippen LogP contribution is -2.41. The molecule has 4 heteroatoms. The second-order valence-electron chi connectivity index (χ2n) is 4.83. The number of carbonyl (C=O) groups excluding carboxylic acids is 1. The van der Waals surface area contributed by atoms with Crippen molar-refractivity contribution in [2.45, 2.75) is 19.4 Å². The maximum absolute atomic E-state index is 11.9. The van der Waals surface area contributed by atoms with Crippen molar-refractivity contribution in [2.24, 2.45) is 0 Å². The van der Waals surface area contributed by atoms with Gasteiger partial charge in [0.2, 0.25) is 5.91 Å². The van der Waals surface area contributed by atoms with E-state index in [0.29, 0.717) is 26.2 Å². The Balaban J connectivity index is 1.69. The number of benzene rings is 1. The normalized spacial score (nSPS) is 17.2. The predicted molar refractivity (Wildman–Crippen MR) is 74.9 cm³/mol. The monoisotopic (exact) mass is 262 g/mol. The predicted octanol–water partition coefficient (Wildman–Crippen LogP) is 1.59. The Morgan fingerprint density at radius 2 is 2.00 bits per heavy atom.